The second kappa shape index (κ2) is 4.25. The second-order valence-electron chi connectivity index (χ2n) is 4.50. The van der Waals surface area contributed by atoms with Crippen LogP contribution in [0.15, 0.2) is 12.4 Å². The first kappa shape index (κ1) is 11.1. The Morgan fingerprint density at radius 2 is 2.38 bits per heavy atom. The van der Waals surface area contributed by atoms with Gasteiger partial charge in [-0.1, -0.05) is 6.92 Å². The van der Waals surface area contributed by atoms with Crippen molar-refractivity contribution in [2.45, 2.75) is 25.4 Å². The van der Waals surface area contributed by atoms with Crippen molar-refractivity contribution in [3.63, 3.8) is 0 Å². The van der Waals surface area contributed by atoms with E-state index in [0.717, 1.165) is 12.0 Å². The van der Waals surface area contributed by atoms with Gasteiger partial charge in [0, 0.05) is 24.8 Å². The first-order chi connectivity index (χ1) is 7.61. The maximum absolute atomic E-state index is 12.0. The van der Waals surface area contributed by atoms with Gasteiger partial charge in [0.1, 0.15) is 6.04 Å². The zero-order chi connectivity index (χ0) is 11.7. The molecule has 3 unspecified atom stereocenters. The lowest BCUT2D eigenvalue weighted by Gasteiger charge is -2.14. The van der Waals surface area contributed by atoms with Crippen molar-refractivity contribution in [2.24, 2.45) is 13.0 Å². The van der Waals surface area contributed by atoms with Crippen LogP contribution in [0, 0.1) is 5.92 Å². The van der Waals surface area contributed by atoms with Crippen molar-refractivity contribution in [1.29, 1.82) is 0 Å². The number of nitrogens with one attached hydrogen (secondary N) is 2. The van der Waals surface area contributed by atoms with E-state index < -0.39 is 0 Å². The largest absolute Gasteiger partial charge is 0.351 e. The molecule has 5 heteroatoms. The van der Waals surface area contributed by atoms with Crippen molar-refractivity contribution in [2.75, 3.05) is 7.05 Å². The van der Waals surface area contributed by atoms with E-state index in [-0.39, 0.29) is 11.9 Å². The average molecular weight is 222 g/mol. The van der Waals surface area contributed by atoms with Gasteiger partial charge in [-0.05, 0) is 19.4 Å². The third-order valence-corrected chi connectivity index (χ3v) is 3.05. The fraction of sp³-hybridized carbons (Fsp3) is 0.636. The highest BCUT2D eigenvalue weighted by atomic mass is 16.2. The Hall–Kier alpha value is -1.36. The molecular formula is C11H18N4O. The van der Waals surface area contributed by atoms with E-state index in [1.54, 1.807) is 17.9 Å². The Morgan fingerprint density at radius 3 is 2.81 bits per heavy atom. The van der Waals surface area contributed by atoms with Gasteiger partial charge < -0.3 is 10.6 Å². The van der Waals surface area contributed by atoms with Crippen LogP contribution in [-0.2, 0) is 11.8 Å². The highest BCUT2D eigenvalue weighted by molar-refractivity contribution is 5.83. The quantitative estimate of drug-likeness (QED) is 0.765. The molecule has 1 heterocycles. The summed E-state index contributed by atoms with van der Waals surface area (Å²) in [5, 5.41) is 10.1. The molecule has 1 aromatic heterocycles. The molecule has 0 spiro atoms. The van der Waals surface area contributed by atoms with Gasteiger partial charge in [0.05, 0.1) is 6.20 Å². The zero-order valence-electron chi connectivity index (χ0n) is 9.90. The summed E-state index contributed by atoms with van der Waals surface area (Å²) in [4.78, 5) is 12.0. The van der Waals surface area contributed by atoms with E-state index in [4.69, 9.17) is 0 Å². The predicted molar refractivity (Wildman–Crippen MR) is 60.7 cm³/mol. The van der Waals surface area contributed by atoms with E-state index >= 15 is 0 Å². The Kier molecular flexibility index (Phi) is 2.96. The summed E-state index contributed by atoms with van der Waals surface area (Å²) < 4.78 is 1.70. The zero-order valence-corrected chi connectivity index (χ0v) is 9.90. The fourth-order valence-corrected chi connectivity index (χ4v) is 1.83. The fourth-order valence-electron chi connectivity index (χ4n) is 1.83. The van der Waals surface area contributed by atoms with Gasteiger partial charge in [0.25, 0.3) is 0 Å². The Morgan fingerprint density at radius 1 is 1.69 bits per heavy atom. The molecule has 16 heavy (non-hydrogen) atoms. The monoisotopic (exact) mass is 222 g/mol. The SMILES string of the molecule is CNC(C(=O)NC1CC1C)c1cnn(C)c1. The van der Waals surface area contributed by atoms with Gasteiger partial charge >= 0.3 is 0 Å². The molecule has 0 saturated heterocycles. The third-order valence-electron chi connectivity index (χ3n) is 3.05. The van der Waals surface area contributed by atoms with Gasteiger partial charge in [0.15, 0.2) is 0 Å². The van der Waals surface area contributed by atoms with Crippen LogP contribution in [0.5, 0.6) is 0 Å². The van der Waals surface area contributed by atoms with Gasteiger partial charge in [-0.2, -0.15) is 5.10 Å². The minimum atomic E-state index is -0.304. The van der Waals surface area contributed by atoms with Crippen LogP contribution in [0.4, 0.5) is 0 Å². The van der Waals surface area contributed by atoms with Gasteiger partial charge in [-0.25, -0.2) is 0 Å². The molecule has 0 aliphatic heterocycles. The summed E-state index contributed by atoms with van der Waals surface area (Å²) in [7, 11) is 3.63. The first-order valence-electron chi connectivity index (χ1n) is 5.58. The van der Waals surface area contributed by atoms with Crippen LogP contribution in [-0.4, -0.2) is 28.8 Å². The molecule has 2 rings (SSSR count). The van der Waals surface area contributed by atoms with Crippen molar-refractivity contribution >= 4 is 5.91 Å². The number of carbonyl (C=O) groups excluding carboxylic acids is 1. The van der Waals surface area contributed by atoms with Crippen molar-refractivity contribution in [3.8, 4) is 0 Å². The maximum atomic E-state index is 12.0. The summed E-state index contributed by atoms with van der Waals surface area (Å²) >= 11 is 0. The molecule has 88 valence electrons. The van der Waals surface area contributed by atoms with Crippen LogP contribution in [0.2, 0.25) is 0 Å². The second-order valence-corrected chi connectivity index (χ2v) is 4.50. The molecule has 1 amide bonds. The molecule has 0 bridgehead atoms. The third kappa shape index (κ3) is 2.24. The number of hydrogen-bond donors (Lipinski definition) is 2. The summed E-state index contributed by atoms with van der Waals surface area (Å²) in [6, 6.07) is 0.0570. The highest BCUT2D eigenvalue weighted by Crippen LogP contribution is 2.29. The number of likely N-dealkylation sites (N-methyl/N-ethyl adjacent to an activating group) is 1. The number of aryl methyl sites for hydroxylation is 1. The number of rotatable bonds is 4. The molecule has 0 radical (unpaired) electrons. The van der Waals surface area contributed by atoms with Crippen molar-refractivity contribution in [3.05, 3.63) is 18.0 Å². The molecule has 3 atom stereocenters. The number of aromatic nitrogens is 2. The van der Waals surface area contributed by atoms with Gasteiger partial charge in [-0.3, -0.25) is 9.48 Å². The molecule has 1 fully saturated rings. The van der Waals surface area contributed by atoms with Crippen molar-refractivity contribution < 1.29 is 4.79 Å². The van der Waals surface area contributed by atoms with Crippen molar-refractivity contribution in [1.82, 2.24) is 20.4 Å². The Labute approximate surface area is 95.2 Å². The molecule has 0 aromatic carbocycles. The highest BCUT2D eigenvalue weighted by Gasteiger charge is 2.35. The lowest BCUT2D eigenvalue weighted by atomic mass is 10.1. The summed E-state index contributed by atoms with van der Waals surface area (Å²) in [6.45, 7) is 2.14. The molecule has 2 N–H and O–H groups in total. The molecule has 1 aliphatic carbocycles. The lowest BCUT2D eigenvalue weighted by molar-refractivity contribution is -0.123. The van der Waals surface area contributed by atoms with E-state index in [1.165, 1.54) is 0 Å². The van der Waals surface area contributed by atoms with E-state index in [1.807, 2.05) is 13.2 Å². The Balaban J connectivity index is 2.01. The maximum Gasteiger partial charge on any atom is 0.242 e. The van der Waals surface area contributed by atoms with Crippen LogP contribution in [0.3, 0.4) is 0 Å². The number of nitrogens with zero attached hydrogens (tertiary/aromatic N) is 2. The first-order valence-corrected chi connectivity index (χ1v) is 5.58. The van der Waals surface area contributed by atoms with Crippen LogP contribution >= 0.6 is 0 Å². The molecule has 1 aliphatic rings. The van der Waals surface area contributed by atoms with E-state index in [9.17, 15) is 4.79 Å². The molecule has 1 aromatic rings. The van der Waals surface area contributed by atoms with Gasteiger partial charge in [0.2, 0.25) is 5.91 Å². The average Bonchev–Trinajstić information content (AvgIpc) is 2.74. The minimum Gasteiger partial charge on any atom is -0.351 e. The van der Waals surface area contributed by atoms with Gasteiger partial charge in [-0.15, -0.1) is 0 Å². The standard InChI is InChI=1S/C11H18N4O/c1-7-4-9(7)14-11(16)10(12-2)8-5-13-15(3)6-8/h5-7,9-10,12H,4H2,1-3H3,(H,14,16). The summed E-state index contributed by atoms with van der Waals surface area (Å²) in [5.41, 5.74) is 0.899. The predicted octanol–water partition coefficient (Wildman–Crippen LogP) is 0.205. The lowest BCUT2D eigenvalue weighted by Crippen LogP contribution is -2.37. The smallest absolute Gasteiger partial charge is 0.242 e. The Bertz CT molecular complexity index is 387. The molecule has 1 saturated carbocycles. The van der Waals surface area contributed by atoms with Crippen LogP contribution in [0.25, 0.3) is 0 Å². The summed E-state index contributed by atoms with van der Waals surface area (Å²) in [5.74, 6) is 0.653. The molecule has 5 nitrogen and oxygen atoms in total. The number of hydrogen-bond acceptors (Lipinski definition) is 3. The minimum absolute atomic E-state index is 0.0323. The van der Waals surface area contributed by atoms with Crippen LogP contribution < -0.4 is 10.6 Å². The number of carbonyl (C=O) groups is 1. The topological polar surface area (TPSA) is 59.0 Å². The normalized spacial score (nSPS) is 25.2. The molecular weight excluding hydrogens is 204 g/mol. The van der Waals surface area contributed by atoms with E-state index in [0.29, 0.717) is 12.0 Å². The van der Waals surface area contributed by atoms with E-state index in [2.05, 4.69) is 22.7 Å². The number of amides is 1. The summed E-state index contributed by atoms with van der Waals surface area (Å²) in [6.07, 6.45) is 4.67. The van der Waals surface area contributed by atoms with Crippen LogP contribution in [0.1, 0.15) is 24.9 Å².